The zero-order valence-corrected chi connectivity index (χ0v) is 48.2. The van der Waals surface area contributed by atoms with Crippen LogP contribution in [0.3, 0.4) is 0 Å². The monoisotopic (exact) mass is 1060 g/mol. The normalized spacial score (nSPS) is 13.9. The van der Waals surface area contributed by atoms with E-state index in [0.717, 1.165) is 109 Å². The summed E-state index contributed by atoms with van der Waals surface area (Å²) in [4.78, 5) is 48.6. The van der Waals surface area contributed by atoms with Crippen LogP contribution in [0, 0.1) is 0 Å². The van der Waals surface area contributed by atoms with Gasteiger partial charge in [-0.15, -0.1) is 0 Å². The van der Waals surface area contributed by atoms with Gasteiger partial charge in [0.15, 0.2) is 6.10 Å². The Hall–Kier alpha value is -3.08. The van der Waals surface area contributed by atoms with Gasteiger partial charge in [-0.1, -0.05) is 229 Å². The number of unbranched alkanes of at least 4 members (excludes halogenated alkanes) is 26. The van der Waals surface area contributed by atoms with Crippen molar-refractivity contribution in [1.82, 2.24) is 0 Å². The maximum absolute atomic E-state index is 12.9. The maximum atomic E-state index is 12.9. The highest BCUT2D eigenvalue weighted by Gasteiger charge is 2.28. The molecule has 428 valence electrons. The number of esters is 3. The highest BCUT2D eigenvalue weighted by molar-refractivity contribution is 7.47. The molecule has 11 nitrogen and oxygen atoms in total. The molecule has 0 heterocycles. The second kappa shape index (κ2) is 56.1. The highest BCUT2D eigenvalue weighted by atomic mass is 31.2. The first-order chi connectivity index (χ1) is 36.2. The zero-order chi connectivity index (χ0) is 54.1. The van der Waals surface area contributed by atoms with Crippen LogP contribution < -0.4 is 0 Å². The molecule has 0 saturated heterocycles. The van der Waals surface area contributed by atoms with Crippen LogP contribution in [-0.2, 0) is 42.2 Å². The van der Waals surface area contributed by atoms with E-state index < -0.39 is 57.8 Å². The van der Waals surface area contributed by atoms with Crippen LogP contribution in [0.1, 0.15) is 265 Å². The molecule has 74 heavy (non-hydrogen) atoms. The largest absolute Gasteiger partial charge is 0.472 e. The predicted molar refractivity (Wildman–Crippen MR) is 307 cm³/mol. The maximum Gasteiger partial charge on any atom is 0.472 e. The molecule has 0 aromatic carbocycles. The number of aliphatic hydroxyl groups is 1. The van der Waals surface area contributed by atoms with Crippen LogP contribution in [0.5, 0.6) is 0 Å². The number of hydrogen-bond donors (Lipinski definition) is 2. The minimum Gasteiger partial charge on any atom is -0.462 e. The summed E-state index contributed by atoms with van der Waals surface area (Å²) in [7, 11) is -4.76. The fourth-order valence-corrected chi connectivity index (χ4v) is 8.87. The van der Waals surface area contributed by atoms with Gasteiger partial charge in [0, 0.05) is 19.3 Å². The Balaban J connectivity index is 4.78. The van der Waals surface area contributed by atoms with Gasteiger partial charge >= 0.3 is 25.7 Å². The minimum atomic E-state index is -4.76. The van der Waals surface area contributed by atoms with Crippen molar-refractivity contribution in [3.05, 3.63) is 72.9 Å². The van der Waals surface area contributed by atoms with E-state index in [2.05, 4.69) is 93.7 Å². The summed E-state index contributed by atoms with van der Waals surface area (Å²) < 4.78 is 39.5. The SMILES string of the molecule is CC/C=C\C/C=C\C/C=C\C/C=C\C/C=C\CCCCCC(=O)OC(COC(=O)CCCCCCCCCCCCCCCCC)COP(=O)(O)OCC(CO)OC(=O)CCCCCCC/C=C\CCCCCC. The molecule has 0 spiro atoms. The van der Waals surface area contributed by atoms with Gasteiger partial charge in [0.1, 0.15) is 12.7 Å². The van der Waals surface area contributed by atoms with Gasteiger partial charge in [0.2, 0.25) is 0 Å². The van der Waals surface area contributed by atoms with Crippen molar-refractivity contribution in [2.45, 2.75) is 277 Å². The summed E-state index contributed by atoms with van der Waals surface area (Å²) in [6.45, 7) is 4.49. The van der Waals surface area contributed by atoms with Gasteiger partial charge in [-0.25, -0.2) is 4.57 Å². The van der Waals surface area contributed by atoms with E-state index in [0.29, 0.717) is 19.3 Å². The van der Waals surface area contributed by atoms with E-state index in [1.165, 1.54) is 96.3 Å². The number of ether oxygens (including phenoxy) is 3. The number of allylic oxidation sites excluding steroid dienone is 12. The van der Waals surface area contributed by atoms with Crippen LogP contribution in [0.25, 0.3) is 0 Å². The average Bonchev–Trinajstić information content (AvgIpc) is 3.39. The van der Waals surface area contributed by atoms with Crippen molar-refractivity contribution in [2.24, 2.45) is 0 Å². The zero-order valence-electron chi connectivity index (χ0n) is 47.3. The molecule has 3 unspecified atom stereocenters. The number of aliphatic hydroxyl groups excluding tert-OH is 1. The standard InChI is InChI=1S/C62H109O11P/c1-4-7-10-13-16-19-22-25-27-28-29-30-32-35-38-41-44-47-50-53-62(66)73-59(55-69-60(64)51-48-45-42-39-36-34-31-26-23-20-17-14-11-8-5-2)57-71-74(67,68)70-56-58(54-63)72-61(65)52-49-46-43-40-37-33-24-21-18-15-12-9-6-3/h7,10,16,19,21,24-25,27,29-30,35,38,58-59,63H,4-6,8-9,11-15,17-18,20,22-23,26,28,31-34,36-37,39-57H2,1-3H3,(H,67,68)/b10-7-,19-16-,24-21-,27-25-,30-29-,38-35-. The number of carbonyl (C=O) groups excluding carboxylic acids is 3. The van der Waals surface area contributed by atoms with Crippen LogP contribution in [0.2, 0.25) is 0 Å². The lowest BCUT2D eigenvalue weighted by Crippen LogP contribution is -2.30. The second-order valence-electron chi connectivity index (χ2n) is 19.8. The molecule has 0 bridgehead atoms. The highest BCUT2D eigenvalue weighted by Crippen LogP contribution is 2.43. The molecular weight excluding hydrogens is 952 g/mol. The Bertz CT molecular complexity index is 1520. The topological polar surface area (TPSA) is 155 Å². The lowest BCUT2D eigenvalue weighted by molar-refractivity contribution is -0.161. The Morgan fingerprint density at radius 1 is 0.392 bits per heavy atom. The molecule has 0 amide bonds. The summed E-state index contributed by atoms with van der Waals surface area (Å²) in [6.07, 6.45) is 62.8. The van der Waals surface area contributed by atoms with E-state index >= 15 is 0 Å². The van der Waals surface area contributed by atoms with Gasteiger partial charge < -0.3 is 24.2 Å². The molecule has 0 saturated carbocycles. The van der Waals surface area contributed by atoms with E-state index in [9.17, 15) is 28.9 Å². The molecule has 0 aromatic rings. The summed E-state index contributed by atoms with van der Waals surface area (Å²) in [5.41, 5.74) is 0. The molecule has 2 N–H and O–H groups in total. The summed E-state index contributed by atoms with van der Waals surface area (Å²) >= 11 is 0. The van der Waals surface area contributed by atoms with Gasteiger partial charge in [-0.2, -0.15) is 0 Å². The first-order valence-electron chi connectivity index (χ1n) is 29.8. The molecule has 0 radical (unpaired) electrons. The van der Waals surface area contributed by atoms with Crippen LogP contribution >= 0.6 is 7.82 Å². The van der Waals surface area contributed by atoms with E-state index in [1.807, 2.05) is 0 Å². The molecule has 0 aliphatic rings. The first kappa shape index (κ1) is 70.9. The lowest BCUT2D eigenvalue weighted by atomic mass is 10.0. The van der Waals surface area contributed by atoms with Crippen molar-refractivity contribution < 1.29 is 52.2 Å². The number of phosphoric ester groups is 1. The quantitative estimate of drug-likeness (QED) is 0.0197. The fraction of sp³-hybridized carbons (Fsp3) is 0.758. The summed E-state index contributed by atoms with van der Waals surface area (Å²) in [6, 6.07) is 0. The molecule has 0 aliphatic heterocycles. The van der Waals surface area contributed by atoms with Crippen molar-refractivity contribution >= 4 is 25.7 Å². The van der Waals surface area contributed by atoms with Crippen molar-refractivity contribution in [3.63, 3.8) is 0 Å². The Morgan fingerprint density at radius 2 is 0.703 bits per heavy atom. The van der Waals surface area contributed by atoms with E-state index in [1.54, 1.807) is 0 Å². The summed E-state index contributed by atoms with van der Waals surface area (Å²) in [5.74, 6) is -1.50. The third kappa shape index (κ3) is 53.7. The molecular formula is C62H109O11P. The minimum absolute atomic E-state index is 0.128. The fourth-order valence-electron chi connectivity index (χ4n) is 8.08. The third-order valence-electron chi connectivity index (χ3n) is 12.6. The van der Waals surface area contributed by atoms with Gasteiger partial charge in [-0.05, 0) is 89.9 Å². The van der Waals surface area contributed by atoms with E-state index in [4.69, 9.17) is 23.3 Å². The number of phosphoric acid groups is 1. The first-order valence-corrected chi connectivity index (χ1v) is 31.3. The predicted octanol–water partition coefficient (Wildman–Crippen LogP) is 17.7. The van der Waals surface area contributed by atoms with Gasteiger partial charge in [0.25, 0.3) is 0 Å². The number of rotatable bonds is 55. The van der Waals surface area contributed by atoms with E-state index in [-0.39, 0.29) is 25.9 Å². The molecule has 0 rings (SSSR count). The average molecular weight is 1060 g/mol. The molecule has 12 heteroatoms. The van der Waals surface area contributed by atoms with Crippen LogP contribution in [-0.4, -0.2) is 66.5 Å². The van der Waals surface area contributed by atoms with Gasteiger partial charge in [0.05, 0.1) is 19.8 Å². The lowest BCUT2D eigenvalue weighted by Gasteiger charge is -2.21. The molecule has 0 aliphatic carbocycles. The number of carbonyl (C=O) groups is 3. The van der Waals surface area contributed by atoms with Gasteiger partial charge in [-0.3, -0.25) is 23.4 Å². The van der Waals surface area contributed by atoms with Crippen molar-refractivity contribution in [2.75, 3.05) is 26.4 Å². The van der Waals surface area contributed by atoms with Crippen molar-refractivity contribution in [1.29, 1.82) is 0 Å². The molecule has 0 aromatic heterocycles. The smallest absolute Gasteiger partial charge is 0.462 e. The van der Waals surface area contributed by atoms with Crippen molar-refractivity contribution in [3.8, 4) is 0 Å². The number of hydrogen-bond acceptors (Lipinski definition) is 10. The molecule has 3 atom stereocenters. The Kier molecular flexibility index (Phi) is 53.8. The Labute approximate surface area is 452 Å². The summed E-state index contributed by atoms with van der Waals surface area (Å²) in [5, 5.41) is 9.81. The van der Waals surface area contributed by atoms with Crippen LogP contribution in [0.4, 0.5) is 0 Å². The Morgan fingerprint density at radius 3 is 1.12 bits per heavy atom. The van der Waals surface area contributed by atoms with Crippen LogP contribution in [0.15, 0.2) is 72.9 Å². The third-order valence-corrected chi connectivity index (χ3v) is 13.6. The second-order valence-corrected chi connectivity index (χ2v) is 21.2. The molecule has 0 fully saturated rings.